The Bertz CT molecular complexity index is 963. The maximum atomic E-state index is 12.9. The van der Waals surface area contributed by atoms with E-state index in [2.05, 4.69) is 5.32 Å². The van der Waals surface area contributed by atoms with Gasteiger partial charge in [-0.2, -0.15) is 0 Å². The van der Waals surface area contributed by atoms with Crippen molar-refractivity contribution in [3.63, 3.8) is 0 Å². The SMILES string of the molecule is Cc1cc(C)cc(N(C(C)C(=O)NC(C)c2ccc(C)c(C)c2)S(C)(=O)=O)c1. The fourth-order valence-corrected chi connectivity index (χ4v) is 4.50. The Labute approximate surface area is 168 Å². The van der Waals surface area contributed by atoms with E-state index in [9.17, 15) is 13.2 Å². The first-order chi connectivity index (χ1) is 12.9. The molecular weight excluding hydrogens is 372 g/mol. The number of hydrogen-bond donors (Lipinski definition) is 1. The summed E-state index contributed by atoms with van der Waals surface area (Å²) in [5, 5.41) is 2.95. The van der Waals surface area contributed by atoms with Crippen molar-refractivity contribution in [1.29, 1.82) is 0 Å². The van der Waals surface area contributed by atoms with Gasteiger partial charge in [-0.1, -0.05) is 24.3 Å². The Morgan fingerprint density at radius 1 is 0.929 bits per heavy atom. The van der Waals surface area contributed by atoms with Crippen molar-refractivity contribution in [2.45, 2.75) is 53.6 Å². The van der Waals surface area contributed by atoms with Crippen molar-refractivity contribution >= 4 is 21.6 Å². The van der Waals surface area contributed by atoms with E-state index in [0.29, 0.717) is 5.69 Å². The molecule has 0 spiro atoms. The van der Waals surface area contributed by atoms with E-state index < -0.39 is 16.1 Å². The van der Waals surface area contributed by atoms with Gasteiger partial charge in [0.1, 0.15) is 6.04 Å². The largest absolute Gasteiger partial charge is 0.348 e. The quantitative estimate of drug-likeness (QED) is 0.795. The van der Waals surface area contributed by atoms with E-state index in [1.165, 1.54) is 9.87 Å². The lowest BCUT2D eigenvalue weighted by molar-refractivity contribution is -0.122. The molecule has 28 heavy (non-hydrogen) atoms. The number of nitrogens with one attached hydrogen (secondary N) is 1. The summed E-state index contributed by atoms with van der Waals surface area (Å²) in [6.45, 7) is 11.4. The maximum absolute atomic E-state index is 12.9. The van der Waals surface area contributed by atoms with Gasteiger partial charge in [-0.3, -0.25) is 9.10 Å². The maximum Gasteiger partial charge on any atom is 0.244 e. The molecule has 0 radical (unpaired) electrons. The lowest BCUT2D eigenvalue weighted by Crippen LogP contribution is -2.48. The first-order valence-corrected chi connectivity index (χ1v) is 11.2. The van der Waals surface area contributed by atoms with Crippen molar-refractivity contribution in [1.82, 2.24) is 5.32 Å². The van der Waals surface area contributed by atoms with E-state index in [-0.39, 0.29) is 11.9 Å². The minimum atomic E-state index is -3.64. The van der Waals surface area contributed by atoms with Gasteiger partial charge in [-0.15, -0.1) is 0 Å². The Morgan fingerprint density at radius 2 is 1.50 bits per heavy atom. The molecule has 0 aliphatic rings. The average molecular weight is 403 g/mol. The van der Waals surface area contributed by atoms with Crippen LogP contribution in [0.2, 0.25) is 0 Å². The summed E-state index contributed by atoms with van der Waals surface area (Å²) in [6.07, 6.45) is 1.13. The van der Waals surface area contributed by atoms with E-state index in [0.717, 1.165) is 28.5 Å². The molecule has 2 aromatic rings. The van der Waals surface area contributed by atoms with Gasteiger partial charge < -0.3 is 5.32 Å². The molecule has 0 aliphatic heterocycles. The van der Waals surface area contributed by atoms with E-state index in [4.69, 9.17) is 0 Å². The monoisotopic (exact) mass is 402 g/mol. The minimum absolute atomic E-state index is 0.227. The summed E-state index contributed by atoms with van der Waals surface area (Å²) in [5.74, 6) is -0.338. The molecule has 0 fully saturated rings. The van der Waals surface area contributed by atoms with Crippen molar-refractivity contribution in [3.05, 3.63) is 64.2 Å². The predicted octanol–water partition coefficient (Wildman–Crippen LogP) is 3.95. The number of anilines is 1. The van der Waals surface area contributed by atoms with Crippen molar-refractivity contribution in [2.24, 2.45) is 0 Å². The van der Waals surface area contributed by atoms with Crippen molar-refractivity contribution in [3.8, 4) is 0 Å². The average Bonchev–Trinajstić information content (AvgIpc) is 2.55. The number of carbonyl (C=O) groups excluding carboxylic acids is 1. The fraction of sp³-hybridized carbons (Fsp3) is 0.409. The van der Waals surface area contributed by atoms with Crippen LogP contribution < -0.4 is 9.62 Å². The van der Waals surface area contributed by atoms with Crippen LogP contribution in [0.1, 0.15) is 47.7 Å². The molecular formula is C22H30N2O3S. The van der Waals surface area contributed by atoms with Gasteiger partial charge >= 0.3 is 0 Å². The van der Waals surface area contributed by atoms with Gasteiger partial charge in [-0.25, -0.2) is 8.42 Å². The van der Waals surface area contributed by atoms with E-state index >= 15 is 0 Å². The number of aryl methyl sites for hydroxylation is 4. The van der Waals surface area contributed by atoms with Gasteiger partial charge in [0.2, 0.25) is 15.9 Å². The third-order valence-electron chi connectivity index (χ3n) is 4.94. The molecule has 6 heteroatoms. The van der Waals surface area contributed by atoms with Gasteiger partial charge in [0.25, 0.3) is 0 Å². The van der Waals surface area contributed by atoms with Gasteiger partial charge in [0.05, 0.1) is 18.0 Å². The second kappa shape index (κ2) is 8.35. The molecule has 1 N–H and O–H groups in total. The fourth-order valence-electron chi connectivity index (χ4n) is 3.34. The van der Waals surface area contributed by atoms with Gasteiger partial charge in [0.15, 0.2) is 0 Å². The zero-order valence-corrected chi connectivity index (χ0v) is 18.5. The van der Waals surface area contributed by atoms with Crippen molar-refractivity contribution in [2.75, 3.05) is 10.6 Å². The molecule has 0 aliphatic carbocycles. The van der Waals surface area contributed by atoms with Crippen LogP contribution in [0, 0.1) is 27.7 Å². The molecule has 5 nitrogen and oxygen atoms in total. The van der Waals surface area contributed by atoms with Crippen LogP contribution in [0.15, 0.2) is 36.4 Å². The third-order valence-corrected chi connectivity index (χ3v) is 6.18. The minimum Gasteiger partial charge on any atom is -0.348 e. The van der Waals surface area contributed by atoms with Gasteiger partial charge in [-0.05, 0) is 81.5 Å². The van der Waals surface area contributed by atoms with Crippen LogP contribution in [0.25, 0.3) is 0 Å². The molecule has 0 bridgehead atoms. The molecule has 0 aromatic heterocycles. The molecule has 0 saturated heterocycles. The molecule has 2 unspecified atom stereocenters. The first kappa shape index (κ1) is 22.0. The highest BCUT2D eigenvalue weighted by molar-refractivity contribution is 7.92. The van der Waals surface area contributed by atoms with Crippen LogP contribution >= 0.6 is 0 Å². The second-order valence-electron chi connectivity index (χ2n) is 7.65. The topological polar surface area (TPSA) is 66.5 Å². The molecule has 1 amide bonds. The molecule has 0 heterocycles. The Kier molecular flexibility index (Phi) is 6.55. The normalized spacial score (nSPS) is 13.7. The summed E-state index contributed by atoms with van der Waals surface area (Å²) in [4.78, 5) is 12.9. The van der Waals surface area contributed by atoms with Crippen LogP contribution in [0.5, 0.6) is 0 Å². The summed E-state index contributed by atoms with van der Waals surface area (Å²) in [5.41, 5.74) is 5.72. The third kappa shape index (κ3) is 5.13. The smallest absolute Gasteiger partial charge is 0.244 e. The van der Waals surface area contributed by atoms with E-state index in [1.54, 1.807) is 19.1 Å². The number of carbonyl (C=O) groups is 1. The molecule has 2 aromatic carbocycles. The van der Waals surface area contributed by atoms with E-state index in [1.807, 2.05) is 58.9 Å². The standard InChI is InChI=1S/C22H30N2O3S/c1-14-10-15(2)12-21(11-14)24(28(7,26)27)19(6)22(25)23-18(5)20-9-8-16(3)17(4)13-20/h8-13,18-19H,1-7H3,(H,23,25). The Balaban J connectivity index is 2.29. The summed E-state index contributed by atoms with van der Waals surface area (Å²) >= 11 is 0. The number of nitrogens with zero attached hydrogens (tertiary/aromatic N) is 1. The van der Waals surface area contributed by atoms with Crippen molar-refractivity contribution < 1.29 is 13.2 Å². The van der Waals surface area contributed by atoms with Crippen LogP contribution in [-0.4, -0.2) is 26.6 Å². The number of rotatable bonds is 6. The first-order valence-electron chi connectivity index (χ1n) is 9.35. The molecule has 0 saturated carbocycles. The lowest BCUT2D eigenvalue weighted by Gasteiger charge is -2.30. The van der Waals surface area contributed by atoms with Crippen LogP contribution in [0.4, 0.5) is 5.69 Å². The zero-order chi connectivity index (χ0) is 21.2. The van der Waals surface area contributed by atoms with Crippen LogP contribution in [-0.2, 0) is 14.8 Å². The highest BCUT2D eigenvalue weighted by Crippen LogP contribution is 2.24. The summed E-state index contributed by atoms with van der Waals surface area (Å²) in [6, 6.07) is 10.5. The zero-order valence-electron chi connectivity index (χ0n) is 17.7. The highest BCUT2D eigenvalue weighted by atomic mass is 32.2. The summed E-state index contributed by atoms with van der Waals surface area (Å²) < 4.78 is 26.2. The molecule has 2 rings (SSSR count). The van der Waals surface area contributed by atoms with Crippen LogP contribution in [0.3, 0.4) is 0 Å². The second-order valence-corrected chi connectivity index (χ2v) is 9.51. The molecule has 152 valence electrons. The Hall–Kier alpha value is -2.34. The highest BCUT2D eigenvalue weighted by Gasteiger charge is 2.30. The number of benzene rings is 2. The predicted molar refractivity (Wildman–Crippen MR) is 115 cm³/mol. The lowest BCUT2D eigenvalue weighted by atomic mass is 10.0. The van der Waals surface area contributed by atoms with Gasteiger partial charge in [0, 0.05) is 0 Å². The molecule has 2 atom stereocenters. The summed E-state index contributed by atoms with van der Waals surface area (Å²) in [7, 11) is -3.64. The number of hydrogen-bond acceptors (Lipinski definition) is 3. The number of amides is 1. The Morgan fingerprint density at radius 3 is 2.00 bits per heavy atom. The number of sulfonamides is 1.